The Bertz CT molecular complexity index is 780. The Morgan fingerprint density at radius 1 is 1.09 bits per heavy atom. The summed E-state index contributed by atoms with van der Waals surface area (Å²) in [5.74, 6) is 0. The Morgan fingerprint density at radius 2 is 1.78 bits per heavy atom. The van der Waals surface area contributed by atoms with Gasteiger partial charge in [0.2, 0.25) is 0 Å². The van der Waals surface area contributed by atoms with Crippen molar-refractivity contribution in [1.29, 1.82) is 0 Å². The molecule has 23 heavy (non-hydrogen) atoms. The second-order valence-electron chi connectivity index (χ2n) is 6.19. The van der Waals surface area contributed by atoms with E-state index in [0.29, 0.717) is 0 Å². The minimum atomic E-state index is 0.936. The van der Waals surface area contributed by atoms with Crippen LogP contribution in [0.3, 0.4) is 0 Å². The van der Waals surface area contributed by atoms with Crippen LogP contribution in [0.5, 0.6) is 0 Å². The van der Waals surface area contributed by atoms with Gasteiger partial charge >= 0.3 is 0 Å². The van der Waals surface area contributed by atoms with Crippen LogP contribution in [0.1, 0.15) is 30.9 Å². The molecule has 1 nitrogen and oxygen atoms in total. The van der Waals surface area contributed by atoms with E-state index in [1.807, 2.05) is 0 Å². The maximum absolute atomic E-state index is 4.26. The van der Waals surface area contributed by atoms with Crippen LogP contribution < -0.4 is 5.32 Å². The predicted octanol–water partition coefficient (Wildman–Crippen LogP) is 5.60. The molecule has 0 unspecified atom stereocenters. The van der Waals surface area contributed by atoms with E-state index in [-0.39, 0.29) is 0 Å². The van der Waals surface area contributed by atoms with Crippen LogP contribution in [-0.4, -0.2) is 0 Å². The van der Waals surface area contributed by atoms with Gasteiger partial charge in [-0.05, 0) is 49.0 Å². The van der Waals surface area contributed by atoms with E-state index in [2.05, 4.69) is 80.9 Å². The van der Waals surface area contributed by atoms with E-state index >= 15 is 0 Å². The fourth-order valence-corrected chi connectivity index (χ4v) is 3.13. The zero-order valence-electron chi connectivity index (χ0n) is 13.9. The van der Waals surface area contributed by atoms with Crippen molar-refractivity contribution in [2.24, 2.45) is 0 Å². The Hall–Kier alpha value is -2.54. The molecule has 0 spiro atoms. The summed E-state index contributed by atoms with van der Waals surface area (Å²) < 4.78 is 0. The number of hydrogen-bond donors (Lipinski definition) is 1. The molecule has 0 amide bonds. The van der Waals surface area contributed by atoms with Gasteiger partial charge in [0.1, 0.15) is 0 Å². The van der Waals surface area contributed by atoms with E-state index in [0.717, 1.165) is 29.7 Å². The van der Waals surface area contributed by atoms with Crippen LogP contribution in [-0.2, 0) is 0 Å². The van der Waals surface area contributed by atoms with Crippen molar-refractivity contribution in [2.75, 3.05) is 0 Å². The third kappa shape index (κ3) is 3.14. The highest BCUT2D eigenvalue weighted by Gasteiger charge is 2.22. The van der Waals surface area contributed by atoms with E-state index in [4.69, 9.17) is 0 Å². The van der Waals surface area contributed by atoms with E-state index in [1.165, 1.54) is 28.0 Å². The number of allylic oxidation sites excluding steroid dienone is 5. The van der Waals surface area contributed by atoms with Gasteiger partial charge in [0.25, 0.3) is 0 Å². The van der Waals surface area contributed by atoms with Gasteiger partial charge in [0.05, 0.1) is 0 Å². The highest BCUT2D eigenvalue weighted by Crippen LogP contribution is 2.36. The largest absolute Gasteiger partial charge is 0.355 e. The lowest BCUT2D eigenvalue weighted by Gasteiger charge is -2.29. The molecule has 1 heteroatoms. The molecule has 1 aromatic rings. The molecule has 1 aliphatic carbocycles. The molecule has 0 saturated carbocycles. The number of aryl methyl sites for hydroxylation is 1. The summed E-state index contributed by atoms with van der Waals surface area (Å²) in [6.07, 6.45) is 10.9. The number of fused-ring (bicyclic) bond motifs is 1. The highest BCUT2D eigenvalue weighted by atomic mass is 14.9. The summed E-state index contributed by atoms with van der Waals surface area (Å²) in [6, 6.07) is 8.49. The van der Waals surface area contributed by atoms with Gasteiger partial charge in [0, 0.05) is 17.0 Å². The third-order valence-electron chi connectivity index (χ3n) is 4.40. The average Bonchev–Trinajstić information content (AvgIpc) is 2.54. The molecule has 0 radical (unpaired) electrons. The maximum Gasteiger partial charge on any atom is 0.0417 e. The van der Waals surface area contributed by atoms with Crippen LogP contribution >= 0.6 is 0 Å². The monoisotopic (exact) mass is 301 g/mol. The summed E-state index contributed by atoms with van der Waals surface area (Å²) >= 11 is 0. The van der Waals surface area contributed by atoms with Crippen molar-refractivity contribution in [3.05, 3.63) is 100 Å². The van der Waals surface area contributed by atoms with Crippen molar-refractivity contribution in [3.8, 4) is 0 Å². The summed E-state index contributed by atoms with van der Waals surface area (Å²) in [5.41, 5.74) is 9.26. The zero-order chi connectivity index (χ0) is 16.4. The Kier molecular flexibility index (Phi) is 4.20. The molecule has 2 aliphatic rings. The van der Waals surface area contributed by atoms with Crippen molar-refractivity contribution >= 4 is 6.08 Å². The maximum atomic E-state index is 4.26. The summed E-state index contributed by atoms with van der Waals surface area (Å²) in [4.78, 5) is 0. The van der Waals surface area contributed by atoms with Crippen LogP contribution in [0.15, 0.2) is 89.3 Å². The normalized spacial score (nSPS) is 17.6. The van der Waals surface area contributed by atoms with Gasteiger partial charge in [-0.25, -0.2) is 0 Å². The first-order valence-electron chi connectivity index (χ1n) is 8.08. The molecule has 0 aromatic heterocycles. The smallest absolute Gasteiger partial charge is 0.0417 e. The summed E-state index contributed by atoms with van der Waals surface area (Å²) in [6.45, 7) is 12.7. The fraction of sp³-hybridized carbons (Fsp3) is 0.182. The molecule has 1 N–H and O–H groups in total. The molecule has 116 valence electrons. The first kappa shape index (κ1) is 15.4. The molecular weight excluding hydrogens is 278 g/mol. The van der Waals surface area contributed by atoms with Crippen LogP contribution in [0.2, 0.25) is 0 Å². The average molecular weight is 301 g/mol. The van der Waals surface area contributed by atoms with E-state index in [9.17, 15) is 0 Å². The number of hydrogen-bond acceptors (Lipinski definition) is 1. The SMILES string of the molecule is C=C(/C=C/c1ccc(C)cc1)C1=C(C)C2=CCCC=C2NC1=C. The number of nitrogens with one attached hydrogen (secondary N) is 1. The van der Waals surface area contributed by atoms with Crippen molar-refractivity contribution in [3.63, 3.8) is 0 Å². The summed E-state index contributed by atoms with van der Waals surface area (Å²) in [7, 11) is 0. The lowest BCUT2D eigenvalue weighted by molar-refractivity contribution is 0.887. The number of rotatable bonds is 3. The van der Waals surface area contributed by atoms with Crippen LogP contribution in [0, 0.1) is 6.92 Å². The molecule has 0 saturated heterocycles. The molecule has 0 fully saturated rings. The van der Waals surface area contributed by atoms with E-state index < -0.39 is 0 Å². The van der Waals surface area contributed by atoms with E-state index in [1.54, 1.807) is 0 Å². The molecule has 1 aromatic carbocycles. The van der Waals surface area contributed by atoms with Gasteiger partial charge in [0.15, 0.2) is 0 Å². The minimum Gasteiger partial charge on any atom is -0.355 e. The predicted molar refractivity (Wildman–Crippen MR) is 99.7 cm³/mol. The highest BCUT2D eigenvalue weighted by molar-refractivity contribution is 5.67. The zero-order valence-corrected chi connectivity index (χ0v) is 13.9. The second-order valence-corrected chi connectivity index (χ2v) is 6.19. The van der Waals surface area contributed by atoms with Gasteiger partial charge in [-0.15, -0.1) is 0 Å². The quantitative estimate of drug-likeness (QED) is 0.716. The topological polar surface area (TPSA) is 12.0 Å². The van der Waals surface area contributed by atoms with Crippen molar-refractivity contribution in [2.45, 2.75) is 26.7 Å². The molecule has 0 bridgehead atoms. The molecular formula is C22H23N. The molecule has 1 aliphatic heterocycles. The first-order valence-corrected chi connectivity index (χ1v) is 8.08. The molecule has 1 heterocycles. The van der Waals surface area contributed by atoms with Gasteiger partial charge < -0.3 is 5.32 Å². The van der Waals surface area contributed by atoms with Crippen LogP contribution in [0.25, 0.3) is 6.08 Å². The number of benzene rings is 1. The minimum absolute atomic E-state index is 0.936. The van der Waals surface area contributed by atoms with Gasteiger partial charge in [-0.2, -0.15) is 0 Å². The van der Waals surface area contributed by atoms with Crippen LogP contribution in [0.4, 0.5) is 0 Å². The van der Waals surface area contributed by atoms with Gasteiger partial charge in [-0.1, -0.05) is 67.3 Å². The third-order valence-corrected chi connectivity index (χ3v) is 4.40. The lowest BCUT2D eigenvalue weighted by Crippen LogP contribution is -2.23. The second kappa shape index (κ2) is 6.29. The standard InChI is InChI=1S/C22H23N/c1-15-9-12-19(13-10-15)14-11-16(2)22-17(3)20-7-5-6-8-21(20)23-18(22)4/h7-14,23H,2,4-6H2,1,3H3/b14-11+. The molecule has 3 rings (SSSR count). The first-order chi connectivity index (χ1) is 11.1. The fourth-order valence-electron chi connectivity index (χ4n) is 3.13. The Balaban J connectivity index is 1.89. The van der Waals surface area contributed by atoms with Crippen molar-refractivity contribution < 1.29 is 0 Å². The van der Waals surface area contributed by atoms with Gasteiger partial charge in [-0.3, -0.25) is 0 Å². The molecule has 0 atom stereocenters. The Labute approximate surface area is 139 Å². The van der Waals surface area contributed by atoms with Crippen molar-refractivity contribution in [1.82, 2.24) is 5.32 Å². The summed E-state index contributed by atoms with van der Waals surface area (Å²) in [5, 5.41) is 3.43. The Morgan fingerprint density at radius 3 is 2.52 bits per heavy atom. The lowest BCUT2D eigenvalue weighted by atomic mass is 9.86.